The summed E-state index contributed by atoms with van der Waals surface area (Å²) in [6, 6.07) is 10.1. The molecule has 3 aromatic carbocycles. The van der Waals surface area contributed by atoms with Crippen molar-refractivity contribution in [1.29, 1.82) is 0 Å². The van der Waals surface area contributed by atoms with Gasteiger partial charge in [0, 0.05) is 22.1 Å². The van der Waals surface area contributed by atoms with E-state index in [0.717, 1.165) is 61.6 Å². The quantitative estimate of drug-likeness (QED) is 0.600. The maximum atomic E-state index is 5.82. The molecule has 0 aliphatic rings. The van der Waals surface area contributed by atoms with Gasteiger partial charge in [0.2, 0.25) is 0 Å². The fourth-order valence-corrected chi connectivity index (χ4v) is 3.80. The maximum absolute atomic E-state index is 5.82. The average molecular weight is 366 g/mol. The molecule has 0 spiro atoms. The highest BCUT2D eigenvalue weighted by atomic mass is 16.5. The Bertz CT molecular complexity index is 1010. The number of methoxy groups -OCH3 is 4. The molecule has 0 atom stereocenters. The Morgan fingerprint density at radius 2 is 1.26 bits per heavy atom. The minimum atomic E-state index is 0.780. The summed E-state index contributed by atoms with van der Waals surface area (Å²) in [7, 11) is 6.77. The van der Waals surface area contributed by atoms with Crippen LogP contribution >= 0.6 is 0 Å². The number of ether oxygens (including phenoxy) is 4. The summed E-state index contributed by atoms with van der Waals surface area (Å²) in [6.45, 7) is 6.15. The van der Waals surface area contributed by atoms with Crippen molar-refractivity contribution in [3.8, 4) is 34.1 Å². The number of fused-ring (bicyclic) bond motifs is 1. The van der Waals surface area contributed by atoms with Crippen LogP contribution in [0.25, 0.3) is 21.9 Å². The smallest absolute Gasteiger partial charge is 0.130 e. The minimum Gasteiger partial charge on any atom is -0.496 e. The van der Waals surface area contributed by atoms with Crippen molar-refractivity contribution in [3.63, 3.8) is 0 Å². The van der Waals surface area contributed by atoms with Gasteiger partial charge in [0.25, 0.3) is 0 Å². The standard InChI is InChI=1S/C23H26O4/c1-13-14(2)23(27-7)21(15(3)22(13)26-6)18-12-17-16(11-20(18)25-5)9-8-10-19(17)24-4/h8-12H,1-7H3. The van der Waals surface area contributed by atoms with E-state index in [1.165, 1.54) is 0 Å². The summed E-state index contributed by atoms with van der Waals surface area (Å²) in [5, 5.41) is 2.08. The van der Waals surface area contributed by atoms with Gasteiger partial charge in [0.05, 0.1) is 28.4 Å². The lowest BCUT2D eigenvalue weighted by Crippen LogP contribution is -2.02. The maximum Gasteiger partial charge on any atom is 0.130 e. The first kappa shape index (κ1) is 18.9. The minimum absolute atomic E-state index is 0.780. The Kier molecular flexibility index (Phi) is 5.17. The van der Waals surface area contributed by atoms with E-state index in [4.69, 9.17) is 18.9 Å². The molecule has 0 fully saturated rings. The molecular formula is C23H26O4. The molecule has 0 bridgehead atoms. The van der Waals surface area contributed by atoms with Gasteiger partial charge < -0.3 is 18.9 Å². The molecule has 0 heterocycles. The highest BCUT2D eigenvalue weighted by Crippen LogP contribution is 2.47. The van der Waals surface area contributed by atoms with E-state index in [0.29, 0.717) is 0 Å². The van der Waals surface area contributed by atoms with Crippen LogP contribution in [0.4, 0.5) is 0 Å². The summed E-state index contributed by atoms with van der Waals surface area (Å²) in [6.07, 6.45) is 0. The fraction of sp³-hybridized carbons (Fsp3) is 0.304. The van der Waals surface area contributed by atoms with Crippen LogP contribution in [0.2, 0.25) is 0 Å². The lowest BCUT2D eigenvalue weighted by atomic mass is 9.90. The second-order valence-electron chi connectivity index (χ2n) is 6.55. The average Bonchev–Trinajstić information content (AvgIpc) is 2.69. The van der Waals surface area contributed by atoms with E-state index in [2.05, 4.69) is 19.1 Å². The third-order valence-corrected chi connectivity index (χ3v) is 5.24. The summed E-state index contributed by atoms with van der Waals surface area (Å²) in [4.78, 5) is 0. The first-order valence-corrected chi connectivity index (χ1v) is 8.85. The number of rotatable bonds is 5. The zero-order valence-corrected chi connectivity index (χ0v) is 17.0. The monoisotopic (exact) mass is 366 g/mol. The molecule has 0 unspecified atom stereocenters. The summed E-state index contributed by atoms with van der Waals surface area (Å²) >= 11 is 0. The zero-order valence-electron chi connectivity index (χ0n) is 17.0. The van der Waals surface area contributed by atoms with Crippen molar-refractivity contribution >= 4 is 10.8 Å². The largest absolute Gasteiger partial charge is 0.496 e. The van der Waals surface area contributed by atoms with E-state index in [-0.39, 0.29) is 0 Å². The van der Waals surface area contributed by atoms with Gasteiger partial charge in [-0.3, -0.25) is 0 Å². The molecule has 4 nitrogen and oxygen atoms in total. The SMILES string of the molecule is COc1cc2cccc(OC)c2cc1-c1c(C)c(OC)c(C)c(C)c1OC. The molecule has 0 saturated heterocycles. The van der Waals surface area contributed by atoms with Crippen LogP contribution in [0.15, 0.2) is 30.3 Å². The van der Waals surface area contributed by atoms with Crippen LogP contribution in [0.3, 0.4) is 0 Å². The van der Waals surface area contributed by atoms with Crippen LogP contribution in [0.5, 0.6) is 23.0 Å². The Hall–Kier alpha value is -2.88. The van der Waals surface area contributed by atoms with Crippen LogP contribution in [0.1, 0.15) is 16.7 Å². The van der Waals surface area contributed by atoms with Crippen LogP contribution in [-0.2, 0) is 0 Å². The molecule has 0 amide bonds. The van der Waals surface area contributed by atoms with Gasteiger partial charge in [-0.2, -0.15) is 0 Å². The predicted octanol–water partition coefficient (Wildman–Crippen LogP) is 5.47. The third-order valence-electron chi connectivity index (χ3n) is 5.24. The van der Waals surface area contributed by atoms with E-state index in [1.54, 1.807) is 28.4 Å². The third kappa shape index (κ3) is 2.95. The van der Waals surface area contributed by atoms with Crippen LogP contribution in [-0.4, -0.2) is 28.4 Å². The van der Waals surface area contributed by atoms with Crippen molar-refractivity contribution in [3.05, 3.63) is 47.0 Å². The normalized spacial score (nSPS) is 10.8. The van der Waals surface area contributed by atoms with Gasteiger partial charge in [0.15, 0.2) is 0 Å². The summed E-state index contributed by atoms with van der Waals surface area (Å²) < 4.78 is 22.8. The lowest BCUT2D eigenvalue weighted by Gasteiger charge is -2.22. The lowest BCUT2D eigenvalue weighted by molar-refractivity contribution is 0.395. The van der Waals surface area contributed by atoms with Crippen LogP contribution in [0, 0.1) is 20.8 Å². The van der Waals surface area contributed by atoms with E-state index >= 15 is 0 Å². The van der Waals surface area contributed by atoms with Crippen molar-refractivity contribution in [2.45, 2.75) is 20.8 Å². The summed E-state index contributed by atoms with van der Waals surface area (Å²) in [5.41, 5.74) is 5.07. The first-order chi connectivity index (χ1) is 13.0. The van der Waals surface area contributed by atoms with Gasteiger partial charge in [0.1, 0.15) is 23.0 Å². The summed E-state index contributed by atoms with van der Waals surface area (Å²) in [5.74, 6) is 3.30. The van der Waals surface area contributed by atoms with Gasteiger partial charge >= 0.3 is 0 Å². The first-order valence-electron chi connectivity index (χ1n) is 8.85. The molecule has 3 aromatic rings. The molecule has 3 rings (SSSR count). The highest BCUT2D eigenvalue weighted by molar-refractivity contribution is 5.96. The van der Waals surface area contributed by atoms with E-state index < -0.39 is 0 Å². The highest BCUT2D eigenvalue weighted by Gasteiger charge is 2.23. The van der Waals surface area contributed by atoms with Crippen molar-refractivity contribution in [2.24, 2.45) is 0 Å². The van der Waals surface area contributed by atoms with E-state index in [1.807, 2.05) is 32.0 Å². The number of benzene rings is 3. The molecule has 0 radical (unpaired) electrons. The molecule has 142 valence electrons. The molecule has 0 aliphatic heterocycles. The van der Waals surface area contributed by atoms with Gasteiger partial charge in [-0.25, -0.2) is 0 Å². The van der Waals surface area contributed by atoms with Crippen molar-refractivity contribution in [1.82, 2.24) is 0 Å². The second-order valence-corrected chi connectivity index (χ2v) is 6.55. The zero-order chi connectivity index (χ0) is 19.7. The Morgan fingerprint density at radius 3 is 1.85 bits per heavy atom. The van der Waals surface area contributed by atoms with Crippen molar-refractivity contribution in [2.75, 3.05) is 28.4 Å². The fourth-order valence-electron chi connectivity index (χ4n) is 3.80. The molecule has 0 aromatic heterocycles. The molecular weight excluding hydrogens is 340 g/mol. The molecule has 4 heteroatoms. The number of hydrogen-bond donors (Lipinski definition) is 0. The van der Waals surface area contributed by atoms with Gasteiger partial charge in [-0.05, 0) is 55.5 Å². The van der Waals surface area contributed by atoms with Crippen molar-refractivity contribution < 1.29 is 18.9 Å². The number of hydrogen-bond acceptors (Lipinski definition) is 4. The van der Waals surface area contributed by atoms with E-state index in [9.17, 15) is 0 Å². The topological polar surface area (TPSA) is 36.9 Å². The Labute approximate surface area is 160 Å². The molecule has 27 heavy (non-hydrogen) atoms. The van der Waals surface area contributed by atoms with Gasteiger partial charge in [-0.15, -0.1) is 0 Å². The Balaban J connectivity index is 2.46. The Morgan fingerprint density at radius 1 is 0.630 bits per heavy atom. The van der Waals surface area contributed by atoms with Gasteiger partial charge in [-0.1, -0.05) is 12.1 Å². The molecule has 0 saturated carbocycles. The molecule has 0 N–H and O–H groups in total. The molecule has 0 aliphatic carbocycles. The van der Waals surface area contributed by atoms with Crippen LogP contribution < -0.4 is 18.9 Å². The predicted molar refractivity (Wildman–Crippen MR) is 110 cm³/mol. The second kappa shape index (κ2) is 7.39.